The fourth-order valence-electron chi connectivity index (χ4n) is 0.652. The molecule has 0 saturated carbocycles. The van der Waals surface area contributed by atoms with Crippen molar-refractivity contribution in [2.75, 3.05) is 26.6 Å². The van der Waals surface area contributed by atoms with Gasteiger partial charge in [-0.15, -0.1) is 0 Å². The maximum absolute atomic E-state index is 5.31. The first-order chi connectivity index (χ1) is 4.85. The zero-order valence-electron chi connectivity index (χ0n) is 6.92. The van der Waals surface area contributed by atoms with Crippen molar-refractivity contribution in [2.24, 2.45) is 0 Å². The van der Waals surface area contributed by atoms with Crippen molar-refractivity contribution in [1.82, 2.24) is 0 Å². The van der Waals surface area contributed by atoms with Crippen LogP contribution in [0.5, 0.6) is 0 Å². The molecule has 62 valence electrons. The summed E-state index contributed by atoms with van der Waals surface area (Å²) in [4.78, 5) is 0. The Balaban J connectivity index is 3.30. The highest BCUT2D eigenvalue weighted by molar-refractivity contribution is 6.44. The first-order valence-electron chi connectivity index (χ1n) is 3.57. The summed E-state index contributed by atoms with van der Waals surface area (Å²) >= 11 is 0. The molecule has 4 heteroatoms. The van der Waals surface area contributed by atoms with Crippen LogP contribution in [0.3, 0.4) is 0 Å². The van der Waals surface area contributed by atoms with Gasteiger partial charge in [0, 0.05) is 20.3 Å². The van der Waals surface area contributed by atoms with Gasteiger partial charge in [-0.3, -0.25) is 0 Å². The van der Waals surface area contributed by atoms with E-state index in [0.29, 0.717) is 6.23 Å². The van der Waals surface area contributed by atoms with Gasteiger partial charge in [0.1, 0.15) is 0 Å². The molecule has 0 rings (SSSR count). The highest BCUT2D eigenvalue weighted by Crippen LogP contribution is 1.89. The van der Waals surface area contributed by atoms with Crippen molar-refractivity contribution < 1.29 is 13.6 Å². The van der Waals surface area contributed by atoms with Crippen molar-refractivity contribution in [2.45, 2.75) is 13.8 Å². The maximum atomic E-state index is 5.31. The van der Waals surface area contributed by atoms with Gasteiger partial charge >= 0.3 is 9.28 Å². The van der Waals surface area contributed by atoms with Crippen LogP contribution >= 0.6 is 0 Å². The van der Waals surface area contributed by atoms with E-state index in [2.05, 4.69) is 0 Å². The van der Waals surface area contributed by atoms with E-state index in [1.54, 1.807) is 7.11 Å². The van der Waals surface area contributed by atoms with Crippen molar-refractivity contribution in [1.29, 1.82) is 0 Å². The van der Waals surface area contributed by atoms with Crippen molar-refractivity contribution in [3.05, 3.63) is 0 Å². The van der Waals surface area contributed by atoms with E-state index in [1.165, 1.54) is 0 Å². The molecule has 0 aromatic heterocycles. The molecule has 0 atom stereocenters. The zero-order valence-corrected chi connectivity index (χ0v) is 8.08. The predicted octanol–water partition coefficient (Wildman–Crippen LogP) is 0.465. The standard InChI is InChI=1S/C6H16O3Si/c1-4-8-10(6-7-3)9-5-2/h10H,4-6H2,1-3H3. The quantitative estimate of drug-likeness (QED) is 0.534. The Morgan fingerprint density at radius 2 is 1.60 bits per heavy atom. The SMILES string of the molecule is CCO[SiH](COC)OCC. The number of ether oxygens (including phenoxy) is 1. The molecule has 0 bridgehead atoms. The van der Waals surface area contributed by atoms with Crippen LogP contribution in [0.25, 0.3) is 0 Å². The van der Waals surface area contributed by atoms with Gasteiger partial charge < -0.3 is 13.6 Å². The van der Waals surface area contributed by atoms with Gasteiger partial charge in [0.05, 0.1) is 6.23 Å². The lowest BCUT2D eigenvalue weighted by Crippen LogP contribution is -2.28. The first kappa shape index (κ1) is 10.1. The summed E-state index contributed by atoms with van der Waals surface area (Å²) < 4.78 is 15.5. The molecule has 0 unspecified atom stereocenters. The summed E-state index contributed by atoms with van der Waals surface area (Å²) in [7, 11) is 0.209. The minimum Gasteiger partial charge on any atom is -0.396 e. The van der Waals surface area contributed by atoms with E-state index < -0.39 is 9.28 Å². The van der Waals surface area contributed by atoms with Gasteiger partial charge in [-0.2, -0.15) is 0 Å². The third kappa shape index (κ3) is 4.93. The fraction of sp³-hybridized carbons (Fsp3) is 1.00. The molecule has 3 nitrogen and oxygen atoms in total. The van der Waals surface area contributed by atoms with E-state index in [0.717, 1.165) is 13.2 Å². The van der Waals surface area contributed by atoms with E-state index in [9.17, 15) is 0 Å². The van der Waals surface area contributed by atoms with Gasteiger partial charge in [-0.05, 0) is 13.8 Å². The Hall–Kier alpha value is 0.0969. The van der Waals surface area contributed by atoms with Crippen LogP contribution in [0.1, 0.15) is 13.8 Å². The van der Waals surface area contributed by atoms with Crippen molar-refractivity contribution in [3.63, 3.8) is 0 Å². The third-order valence-electron chi connectivity index (χ3n) is 1.01. The molecule has 10 heavy (non-hydrogen) atoms. The third-order valence-corrected chi connectivity index (χ3v) is 3.02. The normalized spacial score (nSPS) is 10.8. The van der Waals surface area contributed by atoms with Crippen LogP contribution in [0.15, 0.2) is 0 Å². The monoisotopic (exact) mass is 164 g/mol. The molecule has 0 aliphatic rings. The highest BCUT2D eigenvalue weighted by atomic mass is 28.3. The lowest BCUT2D eigenvalue weighted by molar-refractivity contribution is 0.157. The van der Waals surface area contributed by atoms with Gasteiger partial charge in [0.2, 0.25) is 0 Å². The number of methoxy groups -OCH3 is 1. The summed E-state index contributed by atoms with van der Waals surface area (Å²) in [5, 5.41) is 0. The molecular weight excluding hydrogens is 148 g/mol. The number of rotatable bonds is 6. The predicted molar refractivity (Wildman–Crippen MR) is 42.3 cm³/mol. The zero-order chi connectivity index (χ0) is 7.82. The Labute approximate surface area is 64.1 Å². The second-order valence-corrected chi connectivity index (χ2v) is 3.65. The molecular formula is C6H16O3Si. The molecule has 0 radical (unpaired) electrons. The number of hydrogen-bond acceptors (Lipinski definition) is 3. The van der Waals surface area contributed by atoms with Crippen LogP contribution < -0.4 is 0 Å². The largest absolute Gasteiger partial charge is 0.396 e. The van der Waals surface area contributed by atoms with Crippen LogP contribution in [0.2, 0.25) is 0 Å². The Morgan fingerprint density at radius 1 is 1.10 bits per heavy atom. The molecule has 0 aliphatic heterocycles. The first-order valence-corrected chi connectivity index (χ1v) is 5.33. The van der Waals surface area contributed by atoms with Gasteiger partial charge in [0.25, 0.3) is 0 Å². The molecule has 0 N–H and O–H groups in total. The minimum atomic E-state index is -1.46. The van der Waals surface area contributed by atoms with Crippen molar-refractivity contribution >= 4 is 9.28 Å². The fourth-order valence-corrected chi connectivity index (χ4v) is 1.96. The van der Waals surface area contributed by atoms with E-state index in [-0.39, 0.29) is 0 Å². The molecule has 0 aromatic rings. The number of hydrogen-bond donors (Lipinski definition) is 0. The average molecular weight is 164 g/mol. The molecule has 0 saturated heterocycles. The lowest BCUT2D eigenvalue weighted by atomic mass is 10.9. The highest BCUT2D eigenvalue weighted by Gasteiger charge is 2.10. The van der Waals surface area contributed by atoms with Crippen LogP contribution in [-0.4, -0.2) is 35.8 Å². The molecule has 0 amide bonds. The molecule has 0 aromatic carbocycles. The molecule has 0 fully saturated rings. The minimum absolute atomic E-state index is 0.641. The summed E-state index contributed by atoms with van der Waals surface area (Å²) in [5.41, 5.74) is 0. The topological polar surface area (TPSA) is 27.7 Å². The summed E-state index contributed by atoms with van der Waals surface area (Å²) in [6.45, 7) is 5.38. The van der Waals surface area contributed by atoms with Crippen LogP contribution in [0, 0.1) is 0 Å². The molecule has 0 aliphatic carbocycles. The second-order valence-electron chi connectivity index (χ2n) is 1.80. The second kappa shape index (κ2) is 7.21. The molecule has 0 heterocycles. The van der Waals surface area contributed by atoms with Crippen LogP contribution in [-0.2, 0) is 13.6 Å². The van der Waals surface area contributed by atoms with Crippen LogP contribution in [0.4, 0.5) is 0 Å². The Kier molecular flexibility index (Phi) is 7.28. The van der Waals surface area contributed by atoms with E-state index in [1.807, 2.05) is 13.8 Å². The average Bonchev–Trinajstić information content (AvgIpc) is 1.90. The summed E-state index contributed by atoms with van der Waals surface area (Å²) in [6, 6.07) is 0. The lowest BCUT2D eigenvalue weighted by Gasteiger charge is -2.12. The van der Waals surface area contributed by atoms with Crippen molar-refractivity contribution in [3.8, 4) is 0 Å². The molecule has 0 spiro atoms. The van der Waals surface area contributed by atoms with E-state index >= 15 is 0 Å². The van der Waals surface area contributed by atoms with E-state index in [4.69, 9.17) is 13.6 Å². The van der Waals surface area contributed by atoms with Gasteiger partial charge in [-0.1, -0.05) is 0 Å². The smallest absolute Gasteiger partial charge is 0.348 e. The van der Waals surface area contributed by atoms with Gasteiger partial charge in [0.15, 0.2) is 0 Å². The Bertz CT molecular complexity index is 55.7. The summed E-state index contributed by atoms with van der Waals surface area (Å²) in [6.07, 6.45) is 0.641. The van der Waals surface area contributed by atoms with Gasteiger partial charge in [-0.25, -0.2) is 0 Å². The summed E-state index contributed by atoms with van der Waals surface area (Å²) in [5.74, 6) is 0. The Morgan fingerprint density at radius 3 is 1.90 bits per heavy atom. The maximum Gasteiger partial charge on any atom is 0.348 e.